The first kappa shape index (κ1) is 20.2. The molecule has 0 bridgehead atoms. The van der Waals surface area contributed by atoms with Crippen LogP contribution in [0.25, 0.3) is 0 Å². The van der Waals surface area contributed by atoms with Crippen molar-refractivity contribution in [3.05, 3.63) is 17.0 Å². The largest absolute Gasteiger partial charge is 0.370 e. The molecule has 1 aromatic heterocycles. The third-order valence-electron chi connectivity index (χ3n) is 3.50. The lowest BCUT2D eigenvalue weighted by Gasteiger charge is -2.15. The van der Waals surface area contributed by atoms with Gasteiger partial charge in [0.15, 0.2) is 5.96 Å². The molecule has 1 atom stereocenters. The molecule has 1 heterocycles. The van der Waals surface area contributed by atoms with Gasteiger partial charge in [0.2, 0.25) is 0 Å². The first-order valence-electron chi connectivity index (χ1n) is 7.47. The second kappa shape index (κ2) is 10.0. The number of hydrogen-bond acceptors (Lipinski definition) is 2. The van der Waals surface area contributed by atoms with E-state index in [1.165, 1.54) is 12.8 Å². The normalized spacial score (nSPS) is 13.1. The van der Waals surface area contributed by atoms with Gasteiger partial charge in [0.25, 0.3) is 0 Å². The molecule has 0 saturated heterocycles. The van der Waals surface area contributed by atoms with Gasteiger partial charge in [-0.1, -0.05) is 26.7 Å². The van der Waals surface area contributed by atoms with Crippen molar-refractivity contribution in [3.63, 3.8) is 0 Å². The average Bonchev–Trinajstić information content (AvgIpc) is 2.66. The number of aryl methyl sites for hydroxylation is 2. The minimum atomic E-state index is 0. The molecule has 5 nitrogen and oxygen atoms in total. The average molecular weight is 407 g/mol. The second-order valence-electron chi connectivity index (χ2n) is 5.98. The SMILES string of the molecule is Cc1n[nH]c(C)c1CN=C(N)NC(C)CCCC(C)C.I. The van der Waals surface area contributed by atoms with E-state index in [2.05, 4.69) is 41.3 Å². The third-order valence-corrected chi connectivity index (χ3v) is 3.50. The Morgan fingerprint density at radius 2 is 1.95 bits per heavy atom. The Hall–Kier alpha value is -0.790. The van der Waals surface area contributed by atoms with Crippen molar-refractivity contribution in [3.8, 4) is 0 Å². The molecule has 0 aliphatic rings. The summed E-state index contributed by atoms with van der Waals surface area (Å²) in [7, 11) is 0. The highest BCUT2D eigenvalue weighted by Gasteiger charge is 2.07. The third kappa shape index (κ3) is 7.68. The zero-order valence-electron chi connectivity index (χ0n) is 13.9. The van der Waals surface area contributed by atoms with Crippen LogP contribution in [-0.4, -0.2) is 22.2 Å². The second-order valence-corrected chi connectivity index (χ2v) is 5.98. The summed E-state index contributed by atoms with van der Waals surface area (Å²) in [5.41, 5.74) is 9.11. The van der Waals surface area contributed by atoms with Gasteiger partial charge in [-0.05, 0) is 33.1 Å². The maximum atomic E-state index is 5.93. The Bertz CT molecular complexity index is 420. The van der Waals surface area contributed by atoms with Crippen molar-refractivity contribution >= 4 is 29.9 Å². The van der Waals surface area contributed by atoms with Gasteiger partial charge in [-0.2, -0.15) is 5.10 Å². The summed E-state index contributed by atoms with van der Waals surface area (Å²) in [5, 5.41) is 10.4. The van der Waals surface area contributed by atoms with Crippen LogP contribution in [0.3, 0.4) is 0 Å². The summed E-state index contributed by atoms with van der Waals surface area (Å²) < 4.78 is 0. The summed E-state index contributed by atoms with van der Waals surface area (Å²) in [6.45, 7) is 11.2. The first-order valence-corrected chi connectivity index (χ1v) is 7.47. The number of halogens is 1. The number of nitrogens with two attached hydrogens (primary N) is 1. The van der Waals surface area contributed by atoms with Crippen LogP contribution in [0.1, 0.15) is 57.0 Å². The van der Waals surface area contributed by atoms with E-state index in [0.717, 1.165) is 29.3 Å². The number of nitrogens with one attached hydrogen (secondary N) is 2. The highest BCUT2D eigenvalue weighted by molar-refractivity contribution is 14.0. The summed E-state index contributed by atoms with van der Waals surface area (Å²) in [4.78, 5) is 4.39. The molecule has 1 rings (SSSR count). The van der Waals surface area contributed by atoms with E-state index in [4.69, 9.17) is 5.73 Å². The van der Waals surface area contributed by atoms with E-state index in [1.807, 2.05) is 13.8 Å². The molecule has 21 heavy (non-hydrogen) atoms. The zero-order chi connectivity index (χ0) is 15.1. The van der Waals surface area contributed by atoms with Crippen LogP contribution < -0.4 is 11.1 Å². The predicted octanol–water partition coefficient (Wildman–Crippen LogP) is 3.26. The Labute approximate surface area is 145 Å². The van der Waals surface area contributed by atoms with E-state index in [0.29, 0.717) is 18.5 Å². The monoisotopic (exact) mass is 407 g/mol. The molecule has 1 unspecified atom stereocenters. The molecule has 4 N–H and O–H groups in total. The van der Waals surface area contributed by atoms with Crippen LogP contribution in [0, 0.1) is 19.8 Å². The van der Waals surface area contributed by atoms with Crippen LogP contribution in [0.2, 0.25) is 0 Å². The Morgan fingerprint density at radius 3 is 2.48 bits per heavy atom. The lowest BCUT2D eigenvalue weighted by molar-refractivity contribution is 0.493. The molecular formula is C15H30IN5. The quantitative estimate of drug-likeness (QED) is 0.369. The van der Waals surface area contributed by atoms with Crippen molar-refractivity contribution < 1.29 is 0 Å². The van der Waals surface area contributed by atoms with Gasteiger partial charge in [0.05, 0.1) is 12.2 Å². The smallest absolute Gasteiger partial charge is 0.189 e. The molecule has 0 aliphatic heterocycles. The summed E-state index contributed by atoms with van der Waals surface area (Å²) in [5.74, 6) is 1.28. The van der Waals surface area contributed by atoms with Gasteiger partial charge in [-0.25, -0.2) is 4.99 Å². The fraction of sp³-hybridized carbons (Fsp3) is 0.733. The van der Waals surface area contributed by atoms with E-state index in [1.54, 1.807) is 0 Å². The number of aromatic amines is 1. The molecule has 0 amide bonds. The standard InChI is InChI=1S/C15H29N5.HI/c1-10(2)7-6-8-11(3)18-15(16)17-9-14-12(4)19-20-13(14)5;/h10-11H,6-9H2,1-5H3,(H,19,20)(H3,16,17,18);1H. The molecule has 122 valence electrons. The van der Waals surface area contributed by atoms with E-state index >= 15 is 0 Å². The zero-order valence-corrected chi connectivity index (χ0v) is 16.2. The lowest BCUT2D eigenvalue weighted by Crippen LogP contribution is -2.38. The molecule has 0 aromatic carbocycles. The molecule has 0 fully saturated rings. The van der Waals surface area contributed by atoms with E-state index in [-0.39, 0.29) is 24.0 Å². The van der Waals surface area contributed by atoms with Gasteiger partial charge in [-0.15, -0.1) is 24.0 Å². The van der Waals surface area contributed by atoms with Crippen LogP contribution in [0.5, 0.6) is 0 Å². The highest BCUT2D eigenvalue weighted by atomic mass is 127. The van der Waals surface area contributed by atoms with Crippen LogP contribution in [-0.2, 0) is 6.54 Å². The molecule has 0 aliphatic carbocycles. The molecule has 1 aromatic rings. The molecule has 0 saturated carbocycles. The minimum Gasteiger partial charge on any atom is -0.370 e. The van der Waals surface area contributed by atoms with Crippen molar-refractivity contribution in [2.45, 2.75) is 66.5 Å². The molecular weight excluding hydrogens is 377 g/mol. The summed E-state index contributed by atoms with van der Waals surface area (Å²) >= 11 is 0. The molecule has 6 heteroatoms. The Balaban J connectivity index is 0.00000400. The van der Waals surface area contributed by atoms with Crippen molar-refractivity contribution in [2.24, 2.45) is 16.6 Å². The Kier molecular flexibility index (Phi) is 9.65. The van der Waals surface area contributed by atoms with E-state index in [9.17, 15) is 0 Å². The summed E-state index contributed by atoms with van der Waals surface area (Å²) in [6.07, 6.45) is 3.60. The topological polar surface area (TPSA) is 79.1 Å². The van der Waals surface area contributed by atoms with Crippen molar-refractivity contribution in [1.82, 2.24) is 15.5 Å². The number of H-pyrrole nitrogens is 1. The minimum absolute atomic E-state index is 0. The molecule has 0 radical (unpaired) electrons. The predicted molar refractivity (Wildman–Crippen MR) is 100 cm³/mol. The van der Waals surface area contributed by atoms with Crippen molar-refractivity contribution in [2.75, 3.05) is 0 Å². The summed E-state index contributed by atoms with van der Waals surface area (Å²) in [6, 6.07) is 0.365. The van der Waals surface area contributed by atoms with E-state index < -0.39 is 0 Å². The van der Waals surface area contributed by atoms with Crippen LogP contribution >= 0.6 is 24.0 Å². The number of rotatable bonds is 7. The number of aromatic nitrogens is 2. The Morgan fingerprint density at radius 1 is 1.29 bits per heavy atom. The van der Waals surface area contributed by atoms with Crippen molar-refractivity contribution in [1.29, 1.82) is 0 Å². The number of guanidine groups is 1. The van der Waals surface area contributed by atoms with Gasteiger partial charge in [0.1, 0.15) is 0 Å². The maximum Gasteiger partial charge on any atom is 0.189 e. The number of aliphatic imine (C=N–C) groups is 1. The number of nitrogens with zero attached hydrogens (tertiary/aromatic N) is 2. The van der Waals surface area contributed by atoms with Crippen LogP contribution in [0.15, 0.2) is 4.99 Å². The fourth-order valence-corrected chi connectivity index (χ4v) is 2.17. The lowest BCUT2D eigenvalue weighted by atomic mass is 10.0. The van der Waals surface area contributed by atoms with Gasteiger partial charge in [-0.3, -0.25) is 5.10 Å². The number of hydrogen-bond donors (Lipinski definition) is 3. The molecule has 0 spiro atoms. The maximum absolute atomic E-state index is 5.93. The fourth-order valence-electron chi connectivity index (χ4n) is 2.17. The van der Waals surface area contributed by atoms with Gasteiger partial charge >= 0.3 is 0 Å². The van der Waals surface area contributed by atoms with Gasteiger partial charge in [0, 0.05) is 17.3 Å². The van der Waals surface area contributed by atoms with Gasteiger partial charge < -0.3 is 11.1 Å². The highest BCUT2D eigenvalue weighted by Crippen LogP contribution is 2.10. The first-order chi connectivity index (χ1) is 9.40. The van der Waals surface area contributed by atoms with Crippen LogP contribution in [0.4, 0.5) is 0 Å².